The van der Waals surface area contributed by atoms with Crippen LogP contribution in [0.4, 0.5) is 0 Å². The first kappa shape index (κ1) is 8.42. The van der Waals surface area contributed by atoms with Crippen molar-refractivity contribution in [2.24, 2.45) is 0 Å². The monoisotopic (exact) mass is 175 g/mol. The van der Waals surface area contributed by atoms with Gasteiger partial charge in [0.25, 0.3) is 0 Å². The standard InChI is InChI=1S/C11H13NO/c1-8-7-12-5-4-11(8)9-2-3-10(13)6-9/h4-5,7,9H,2-3,6H2,1H3. The second kappa shape index (κ2) is 3.29. The number of ketones is 1. The van der Waals surface area contributed by atoms with Crippen molar-refractivity contribution in [1.29, 1.82) is 0 Å². The number of aromatic nitrogens is 1. The summed E-state index contributed by atoms with van der Waals surface area (Å²) in [5, 5.41) is 0. The van der Waals surface area contributed by atoms with Gasteiger partial charge in [-0.05, 0) is 36.5 Å². The summed E-state index contributed by atoms with van der Waals surface area (Å²) in [4.78, 5) is 15.2. The van der Waals surface area contributed by atoms with Crippen LogP contribution in [0, 0.1) is 6.92 Å². The molecule has 1 aliphatic carbocycles. The molecule has 1 aromatic rings. The second-order valence-corrected chi connectivity index (χ2v) is 3.71. The summed E-state index contributed by atoms with van der Waals surface area (Å²) in [6.07, 6.45) is 6.18. The van der Waals surface area contributed by atoms with E-state index in [1.54, 1.807) is 0 Å². The van der Waals surface area contributed by atoms with Crippen LogP contribution in [0.5, 0.6) is 0 Å². The highest BCUT2D eigenvalue weighted by Gasteiger charge is 2.24. The Morgan fingerprint density at radius 1 is 1.54 bits per heavy atom. The minimum Gasteiger partial charge on any atom is -0.300 e. The van der Waals surface area contributed by atoms with Gasteiger partial charge in [-0.1, -0.05) is 0 Å². The number of pyridine rings is 1. The first-order chi connectivity index (χ1) is 6.27. The van der Waals surface area contributed by atoms with Crippen LogP contribution in [-0.4, -0.2) is 10.8 Å². The molecule has 0 N–H and O–H groups in total. The van der Waals surface area contributed by atoms with E-state index in [2.05, 4.69) is 11.9 Å². The summed E-state index contributed by atoms with van der Waals surface area (Å²) < 4.78 is 0. The summed E-state index contributed by atoms with van der Waals surface area (Å²) >= 11 is 0. The Bertz CT molecular complexity index is 333. The molecule has 1 aliphatic rings. The zero-order chi connectivity index (χ0) is 9.26. The summed E-state index contributed by atoms with van der Waals surface area (Å²) in [7, 11) is 0. The molecule has 68 valence electrons. The molecule has 0 radical (unpaired) electrons. The van der Waals surface area contributed by atoms with Crippen molar-refractivity contribution in [2.45, 2.75) is 32.1 Å². The van der Waals surface area contributed by atoms with Crippen molar-refractivity contribution in [3.63, 3.8) is 0 Å². The lowest BCUT2D eigenvalue weighted by Gasteiger charge is -2.10. The summed E-state index contributed by atoms with van der Waals surface area (Å²) in [5.41, 5.74) is 2.52. The van der Waals surface area contributed by atoms with Gasteiger partial charge >= 0.3 is 0 Å². The number of hydrogen-bond donors (Lipinski definition) is 0. The van der Waals surface area contributed by atoms with Crippen molar-refractivity contribution >= 4 is 5.78 Å². The van der Waals surface area contributed by atoms with Crippen molar-refractivity contribution in [3.05, 3.63) is 29.6 Å². The summed E-state index contributed by atoms with van der Waals surface area (Å²) in [6, 6.07) is 2.04. The number of carbonyl (C=O) groups is 1. The highest BCUT2D eigenvalue weighted by molar-refractivity contribution is 5.81. The van der Waals surface area contributed by atoms with E-state index in [0.29, 0.717) is 11.7 Å². The maximum atomic E-state index is 11.1. The van der Waals surface area contributed by atoms with Gasteiger partial charge < -0.3 is 0 Å². The van der Waals surface area contributed by atoms with Crippen LogP contribution in [0.3, 0.4) is 0 Å². The molecule has 1 unspecified atom stereocenters. The van der Waals surface area contributed by atoms with Crippen molar-refractivity contribution in [3.8, 4) is 0 Å². The Morgan fingerprint density at radius 3 is 3.00 bits per heavy atom. The Kier molecular flexibility index (Phi) is 2.13. The maximum Gasteiger partial charge on any atom is 0.133 e. The third-order valence-corrected chi connectivity index (χ3v) is 2.75. The molecular weight excluding hydrogens is 162 g/mol. The minimum absolute atomic E-state index is 0.404. The molecule has 0 aromatic carbocycles. The lowest BCUT2D eigenvalue weighted by Crippen LogP contribution is -1.97. The van der Waals surface area contributed by atoms with E-state index in [1.807, 2.05) is 18.5 Å². The molecule has 0 aliphatic heterocycles. The first-order valence-corrected chi connectivity index (χ1v) is 4.69. The summed E-state index contributed by atoms with van der Waals surface area (Å²) in [6.45, 7) is 2.06. The lowest BCUT2D eigenvalue weighted by molar-refractivity contribution is -0.117. The van der Waals surface area contributed by atoms with Gasteiger partial charge in [-0.3, -0.25) is 9.78 Å². The molecule has 2 heteroatoms. The Morgan fingerprint density at radius 2 is 2.38 bits per heavy atom. The van der Waals surface area contributed by atoms with Gasteiger partial charge in [0.05, 0.1) is 0 Å². The number of rotatable bonds is 1. The van der Waals surface area contributed by atoms with E-state index in [9.17, 15) is 4.79 Å². The summed E-state index contributed by atoms with van der Waals surface area (Å²) in [5.74, 6) is 0.858. The molecule has 2 rings (SSSR count). The van der Waals surface area contributed by atoms with E-state index in [0.717, 1.165) is 19.3 Å². The molecule has 0 saturated heterocycles. The average Bonchev–Trinajstić information content (AvgIpc) is 2.53. The minimum atomic E-state index is 0.404. The zero-order valence-corrected chi connectivity index (χ0v) is 7.79. The van der Waals surface area contributed by atoms with Crippen LogP contribution in [0.15, 0.2) is 18.5 Å². The van der Waals surface area contributed by atoms with E-state index in [1.165, 1.54) is 11.1 Å². The van der Waals surface area contributed by atoms with E-state index in [4.69, 9.17) is 0 Å². The van der Waals surface area contributed by atoms with E-state index < -0.39 is 0 Å². The molecular formula is C11H13NO. The number of carbonyl (C=O) groups excluding carboxylic acids is 1. The molecule has 1 atom stereocenters. The van der Waals surface area contributed by atoms with Crippen molar-refractivity contribution in [1.82, 2.24) is 4.98 Å². The van der Waals surface area contributed by atoms with Gasteiger partial charge in [0.2, 0.25) is 0 Å². The van der Waals surface area contributed by atoms with Gasteiger partial charge in [0.1, 0.15) is 5.78 Å². The van der Waals surface area contributed by atoms with Crippen LogP contribution < -0.4 is 0 Å². The fourth-order valence-electron chi connectivity index (χ4n) is 2.02. The van der Waals surface area contributed by atoms with Crippen molar-refractivity contribution < 1.29 is 4.79 Å². The van der Waals surface area contributed by atoms with E-state index >= 15 is 0 Å². The van der Waals surface area contributed by atoms with E-state index in [-0.39, 0.29) is 0 Å². The van der Waals surface area contributed by atoms with Crippen LogP contribution in [0.2, 0.25) is 0 Å². The SMILES string of the molecule is Cc1cnccc1C1CCC(=O)C1. The number of hydrogen-bond acceptors (Lipinski definition) is 2. The van der Waals surface area contributed by atoms with Gasteiger partial charge in [-0.15, -0.1) is 0 Å². The number of nitrogens with zero attached hydrogens (tertiary/aromatic N) is 1. The van der Waals surface area contributed by atoms with Gasteiger partial charge in [-0.25, -0.2) is 0 Å². The van der Waals surface area contributed by atoms with Crippen LogP contribution in [0.1, 0.15) is 36.3 Å². The number of Topliss-reactive ketones (excluding diaryl/α,β-unsaturated/α-hetero) is 1. The van der Waals surface area contributed by atoms with Crippen molar-refractivity contribution in [2.75, 3.05) is 0 Å². The van der Waals surface area contributed by atoms with Gasteiger partial charge in [0.15, 0.2) is 0 Å². The molecule has 13 heavy (non-hydrogen) atoms. The zero-order valence-electron chi connectivity index (χ0n) is 7.79. The molecule has 1 heterocycles. The molecule has 0 amide bonds. The van der Waals surface area contributed by atoms with Crippen LogP contribution in [-0.2, 0) is 4.79 Å². The quantitative estimate of drug-likeness (QED) is 0.655. The normalized spacial score (nSPS) is 22.2. The Hall–Kier alpha value is -1.18. The molecule has 1 aromatic heterocycles. The largest absolute Gasteiger partial charge is 0.300 e. The Labute approximate surface area is 78.0 Å². The third-order valence-electron chi connectivity index (χ3n) is 2.75. The predicted molar refractivity (Wildman–Crippen MR) is 50.6 cm³/mol. The molecule has 1 saturated carbocycles. The van der Waals surface area contributed by atoms with Gasteiger partial charge in [-0.2, -0.15) is 0 Å². The fraction of sp³-hybridized carbons (Fsp3) is 0.455. The molecule has 1 fully saturated rings. The molecule has 0 bridgehead atoms. The fourth-order valence-corrected chi connectivity index (χ4v) is 2.02. The smallest absolute Gasteiger partial charge is 0.133 e. The first-order valence-electron chi connectivity index (χ1n) is 4.69. The second-order valence-electron chi connectivity index (χ2n) is 3.71. The molecule has 2 nitrogen and oxygen atoms in total. The highest BCUT2D eigenvalue weighted by atomic mass is 16.1. The predicted octanol–water partition coefficient (Wildman–Crippen LogP) is 2.23. The number of aryl methyl sites for hydroxylation is 1. The topological polar surface area (TPSA) is 30.0 Å². The van der Waals surface area contributed by atoms with Gasteiger partial charge in [0, 0.05) is 25.2 Å². The molecule has 0 spiro atoms. The third kappa shape index (κ3) is 1.62. The lowest BCUT2D eigenvalue weighted by atomic mass is 9.95. The van der Waals surface area contributed by atoms with Crippen LogP contribution in [0.25, 0.3) is 0 Å². The average molecular weight is 175 g/mol. The highest BCUT2D eigenvalue weighted by Crippen LogP contribution is 2.33. The maximum absolute atomic E-state index is 11.1. The van der Waals surface area contributed by atoms with Crippen LogP contribution >= 0.6 is 0 Å². The Balaban J connectivity index is 2.26.